The van der Waals surface area contributed by atoms with Crippen molar-refractivity contribution >= 4 is 23.4 Å². The lowest BCUT2D eigenvalue weighted by molar-refractivity contribution is -0.121. The van der Waals surface area contributed by atoms with Crippen molar-refractivity contribution in [1.29, 1.82) is 0 Å². The van der Waals surface area contributed by atoms with Gasteiger partial charge in [0.2, 0.25) is 11.8 Å². The molecule has 6 nitrogen and oxygen atoms in total. The molecular weight excluding hydrogens is 404 g/mol. The summed E-state index contributed by atoms with van der Waals surface area (Å²) in [7, 11) is 0. The molecule has 0 saturated carbocycles. The molecule has 1 heterocycles. The second-order valence-corrected chi connectivity index (χ2v) is 7.43. The Bertz CT molecular complexity index is 965. The number of rotatable bonds is 8. The maximum Gasteiger partial charge on any atom is 0.254 e. The molecule has 164 valence electrons. The van der Waals surface area contributed by atoms with Crippen molar-refractivity contribution in [3.05, 3.63) is 65.2 Å². The van der Waals surface area contributed by atoms with Gasteiger partial charge in [0.15, 0.2) is 0 Å². The Morgan fingerprint density at radius 3 is 2.65 bits per heavy atom. The van der Waals surface area contributed by atoms with Crippen LogP contribution in [0.3, 0.4) is 0 Å². The van der Waals surface area contributed by atoms with Gasteiger partial charge in [0.1, 0.15) is 11.6 Å². The van der Waals surface area contributed by atoms with Gasteiger partial charge in [-0.05, 0) is 49.1 Å². The fourth-order valence-electron chi connectivity index (χ4n) is 3.42. The average molecular weight is 429 g/mol. The molecular formula is C23H25F2N3O3. The highest BCUT2D eigenvalue weighted by atomic mass is 19.1. The number of carbonyl (C=O) groups excluding carboxylic acids is 3. The molecule has 3 rings (SSSR count). The summed E-state index contributed by atoms with van der Waals surface area (Å²) in [5.41, 5.74) is 1.49. The Kier molecular flexibility index (Phi) is 7.70. The third kappa shape index (κ3) is 6.34. The summed E-state index contributed by atoms with van der Waals surface area (Å²) >= 11 is 0. The third-order valence-electron chi connectivity index (χ3n) is 5.08. The van der Waals surface area contributed by atoms with Crippen molar-refractivity contribution in [1.82, 2.24) is 10.6 Å². The quantitative estimate of drug-likeness (QED) is 0.632. The van der Waals surface area contributed by atoms with Crippen LogP contribution in [0.4, 0.5) is 14.5 Å². The molecule has 3 amide bonds. The summed E-state index contributed by atoms with van der Waals surface area (Å²) in [5.74, 6) is -2.39. The molecule has 0 bridgehead atoms. The van der Waals surface area contributed by atoms with Gasteiger partial charge in [0.05, 0.1) is 5.56 Å². The topological polar surface area (TPSA) is 78.5 Å². The zero-order valence-electron chi connectivity index (χ0n) is 17.1. The Labute approximate surface area is 179 Å². The van der Waals surface area contributed by atoms with Crippen molar-refractivity contribution in [2.45, 2.75) is 38.6 Å². The van der Waals surface area contributed by atoms with E-state index in [1.54, 1.807) is 4.90 Å². The minimum absolute atomic E-state index is 0.120. The highest BCUT2D eigenvalue weighted by Gasteiger charge is 2.19. The van der Waals surface area contributed by atoms with Gasteiger partial charge in [-0.2, -0.15) is 0 Å². The number of nitrogens with zero attached hydrogens (tertiary/aromatic N) is 1. The monoisotopic (exact) mass is 429 g/mol. The summed E-state index contributed by atoms with van der Waals surface area (Å²) < 4.78 is 26.5. The second kappa shape index (κ2) is 10.7. The van der Waals surface area contributed by atoms with Gasteiger partial charge in [0.25, 0.3) is 5.91 Å². The summed E-state index contributed by atoms with van der Waals surface area (Å²) in [4.78, 5) is 37.8. The molecule has 1 fully saturated rings. The maximum absolute atomic E-state index is 13.6. The molecule has 1 aliphatic heterocycles. The molecule has 1 saturated heterocycles. The fraction of sp³-hybridized carbons (Fsp3) is 0.348. The number of carbonyl (C=O) groups is 3. The van der Waals surface area contributed by atoms with Crippen LogP contribution in [-0.4, -0.2) is 30.8 Å². The number of hydrogen-bond donors (Lipinski definition) is 2. The smallest absolute Gasteiger partial charge is 0.254 e. The number of halogens is 2. The summed E-state index contributed by atoms with van der Waals surface area (Å²) in [6, 6.07) is 10.3. The van der Waals surface area contributed by atoms with E-state index in [2.05, 4.69) is 10.6 Å². The van der Waals surface area contributed by atoms with Crippen LogP contribution in [0.1, 0.15) is 48.0 Å². The van der Waals surface area contributed by atoms with Crippen LogP contribution < -0.4 is 15.5 Å². The molecule has 31 heavy (non-hydrogen) atoms. The van der Waals surface area contributed by atoms with Crippen molar-refractivity contribution < 1.29 is 23.2 Å². The van der Waals surface area contributed by atoms with Crippen molar-refractivity contribution in [3.8, 4) is 0 Å². The number of nitrogens with one attached hydrogen (secondary N) is 2. The molecule has 1 aliphatic rings. The predicted molar refractivity (Wildman–Crippen MR) is 112 cm³/mol. The lowest BCUT2D eigenvalue weighted by Gasteiger charge is -2.27. The predicted octanol–water partition coefficient (Wildman–Crippen LogP) is 3.31. The SMILES string of the molecule is O=C(CCCNC(=O)c1ccc(F)cc1F)NCc1cccc(N2CCCCC2=O)c1. The van der Waals surface area contributed by atoms with Crippen LogP contribution in [0.5, 0.6) is 0 Å². The van der Waals surface area contributed by atoms with Gasteiger partial charge in [0, 0.05) is 44.2 Å². The first-order valence-electron chi connectivity index (χ1n) is 10.3. The Hall–Kier alpha value is -3.29. The average Bonchev–Trinajstić information content (AvgIpc) is 2.75. The van der Waals surface area contributed by atoms with E-state index in [1.165, 1.54) is 0 Å². The number of hydrogen-bond acceptors (Lipinski definition) is 3. The number of benzene rings is 2. The van der Waals surface area contributed by atoms with Crippen LogP contribution in [0, 0.1) is 11.6 Å². The van der Waals surface area contributed by atoms with Crippen molar-refractivity contribution in [2.75, 3.05) is 18.0 Å². The lowest BCUT2D eigenvalue weighted by atomic mass is 10.1. The first-order chi connectivity index (χ1) is 14.9. The van der Waals surface area contributed by atoms with Crippen molar-refractivity contribution in [2.24, 2.45) is 0 Å². The molecule has 0 atom stereocenters. The van der Waals surface area contributed by atoms with Gasteiger partial charge in [-0.1, -0.05) is 12.1 Å². The molecule has 0 aliphatic carbocycles. The molecule has 2 aromatic carbocycles. The van der Waals surface area contributed by atoms with E-state index in [0.29, 0.717) is 32.0 Å². The number of anilines is 1. The Balaban J connectivity index is 1.40. The minimum atomic E-state index is -0.927. The minimum Gasteiger partial charge on any atom is -0.352 e. The van der Waals surface area contributed by atoms with E-state index >= 15 is 0 Å². The highest BCUT2D eigenvalue weighted by Crippen LogP contribution is 2.21. The van der Waals surface area contributed by atoms with E-state index in [0.717, 1.165) is 36.2 Å². The summed E-state index contributed by atoms with van der Waals surface area (Å²) in [5, 5.41) is 5.34. The van der Waals surface area contributed by atoms with E-state index in [9.17, 15) is 23.2 Å². The number of piperidine rings is 1. The standard InChI is InChI=1S/C23H25F2N3O3/c24-17-9-10-19(20(25)14-17)23(31)26-11-4-7-21(29)27-15-16-5-3-6-18(13-16)28-12-2-1-8-22(28)30/h3,5-6,9-10,13-14H,1-2,4,7-8,11-12,15H2,(H,26,31)(H,27,29). The van der Waals surface area contributed by atoms with Gasteiger partial charge in [-0.15, -0.1) is 0 Å². The van der Waals surface area contributed by atoms with Crippen LogP contribution in [0.2, 0.25) is 0 Å². The molecule has 0 unspecified atom stereocenters. The van der Waals surface area contributed by atoms with Gasteiger partial charge < -0.3 is 15.5 Å². The van der Waals surface area contributed by atoms with Gasteiger partial charge >= 0.3 is 0 Å². The zero-order valence-corrected chi connectivity index (χ0v) is 17.1. The lowest BCUT2D eigenvalue weighted by Crippen LogP contribution is -2.35. The fourth-order valence-corrected chi connectivity index (χ4v) is 3.42. The van der Waals surface area contributed by atoms with E-state index in [4.69, 9.17) is 0 Å². The Morgan fingerprint density at radius 2 is 1.87 bits per heavy atom. The normalized spacial score (nSPS) is 13.7. The van der Waals surface area contributed by atoms with Crippen LogP contribution >= 0.6 is 0 Å². The maximum atomic E-state index is 13.6. The van der Waals surface area contributed by atoms with Crippen LogP contribution in [0.25, 0.3) is 0 Å². The van der Waals surface area contributed by atoms with Crippen LogP contribution in [-0.2, 0) is 16.1 Å². The first kappa shape index (κ1) is 22.4. The van der Waals surface area contributed by atoms with E-state index in [1.807, 2.05) is 24.3 Å². The highest BCUT2D eigenvalue weighted by molar-refractivity contribution is 5.94. The van der Waals surface area contributed by atoms with E-state index in [-0.39, 0.29) is 30.3 Å². The summed E-state index contributed by atoms with van der Waals surface area (Å²) in [6.45, 7) is 1.24. The Morgan fingerprint density at radius 1 is 1.03 bits per heavy atom. The first-order valence-corrected chi connectivity index (χ1v) is 10.3. The van der Waals surface area contributed by atoms with Gasteiger partial charge in [-0.25, -0.2) is 8.78 Å². The van der Waals surface area contributed by atoms with Gasteiger partial charge in [-0.3, -0.25) is 14.4 Å². The largest absolute Gasteiger partial charge is 0.352 e. The number of amides is 3. The molecule has 8 heteroatoms. The molecule has 2 aromatic rings. The molecule has 0 aromatic heterocycles. The third-order valence-corrected chi connectivity index (χ3v) is 5.08. The van der Waals surface area contributed by atoms with Crippen LogP contribution in [0.15, 0.2) is 42.5 Å². The molecule has 0 radical (unpaired) electrons. The zero-order chi connectivity index (χ0) is 22.2. The van der Waals surface area contributed by atoms with Crippen molar-refractivity contribution in [3.63, 3.8) is 0 Å². The summed E-state index contributed by atoms with van der Waals surface area (Å²) in [6.07, 6.45) is 3.03. The molecule has 0 spiro atoms. The second-order valence-electron chi connectivity index (χ2n) is 7.43. The molecule has 2 N–H and O–H groups in total. The van der Waals surface area contributed by atoms with E-state index < -0.39 is 17.5 Å².